The van der Waals surface area contributed by atoms with Crippen LogP contribution in [0.15, 0.2) is 65.7 Å². The third kappa shape index (κ3) is 4.30. The molecule has 0 unspecified atom stereocenters. The van der Waals surface area contributed by atoms with E-state index in [9.17, 15) is 18.7 Å². The molecule has 5 rings (SSSR count). The minimum absolute atomic E-state index is 0.187. The molecule has 3 aromatic rings. The van der Waals surface area contributed by atoms with Crippen LogP contribution in [0.2, 0.25) is 0 Å². The SMILES string of the molecule is O=c1cc(-c2ccccc2)ncn1C[C@]1(O)CCN(Cc2ccc(F)cc2F)CC12CCCC2. The van der Waals surface area contributed by atoms with Crippen LogP contribution in [0.25, 0.3) is 11.3 Å². The summed E-state index contributed by atoms with van der Waals surface area (Å²) in [5.74, 6) is -1.13. The van der Waals surface area contributed by atoms with Gasteiger partial charge in [-0.1, -0.05) is 49.2 Å². The van der Waals surface area contributed by atoms with E-state index in [1.54, 1.807) is 0 Å². The maximum atomic E-state index is 14.3. The number of rotatable bonds is 5. The molecule has 0 bridgehead atoms. The fourth-order valence-electron chi connectivity index (χ4n) is 5.80. The molecule has 2 fully saturated rings. The first-order valence-electron chi connectivity index (χ1n) is 11.9. The summed E-state index contributed by atoms with van der Waals surface area (Å²) >= 11 is 0. The van der Waals surface area contributed by atoms with Crippen LogP contribution in [0.1, 0.15) is 37.7 Å². The van der Waals surface area contributed by atoms with E-state index in [0.29, 0.717) is 37.3 Å². The summed E-state index contributed by atoms with van der Waals surface area (Å²) in [6.07, 6.45) is 5.75. The average Bonchev–Trinajstić information content (AvgIpc) is 3.30. The van der Waals surface area contributed by atoms with E-state index in [2.05, 4.69) is 9.88 Å². The summed E-state index contributed by atoms with van der Waals surface area (Å²) in [7, 11) is 0. The molecule has 178 valence electrons. The van der Waals surface area contributed by atoms with Gasteiger partial charge in [0.2, 0.25) is 0 Å². The van der Waals surface area contributed by atoms with Crippen LogP contribution in [0.5, 0.6) is 0 Å². The Labute approximate surface area is 197 Å². The van der Waals surface area contributed by atoms with Crippen LogP contribution in [0, 0.1) is 17.0 Å². The van der Waals surface area contributed by atoms with E-state index in [-0.39, 0.29) is 17.5 Å². The molecule has 2 aliphatic rings. The summed E-state index contributed by atoms with van der Waals surface area (Å²) in [5.41, 5.74) is 0.322. The standard InChI is InChI=1S/C27H29F2N3O2/c28-22-9-8-21(23(29)14-22)16-31-13-12-27(34,26(17-31)10-4-5-11-26)18-32-19-30-24(15-25(32)33)20-6-2-1-3-7-20/h1-3,6-9,14-15,19,34H,4-5,10-13,16-18H2/t27-/m1/s1. The Morgan fingerprint density at radius 2 is 1.76 bits per heavy atom. The number of aliphatic hydroxyl groups is 1. The van der Waals surface area contributed by atoms with Crippen molar-refractivity contribution < 1.29 is 13.9 Å². The monoisotopic (exact) mass is 465 g/mol. The molecule has 1 spiro atoms. The van der Waals surface area contributed by atoms with Crippen molar-refractivity contribution in [3.63, 3.8) is 0 Å². The van der Waals surface area contributed by atoms with Crippen LogP contribution in [-0.4, -0.2) is 38.2 Å². The van der Waals surface area contributed by atoms with Crippen molar-refractivity contribution in [2.75, 3.05) is 13.1 Å². The molecule has 7 heteroatoms. The number of hydrogen-bond donors (Lipinski definition) is 1. The van der Waals surface area contributed by atoms with Gasteiger partial charge in [-0.25, -0.2) is 13.8 Å². The first-order chi connectivity index (χ1) is 16.4. The van der Waals surface area contributed by atoms with Crippen molar-refractivity contribution in [1.82, 2.24) is 14.5 Å². The highest BCUT2D eigenvalue weighted by Gasteiger charge is 2.54. The Morgan fingerprint density at radius 1 is 1.00 bits per heavy atom. The number of halogens is 2. The minimum atomic E-state index is -1.05. The summed E-state index contributed by atoms with van der Waals surface area (Å²) in [5, 5.41) is 11.9. The van der Waals surface area contributed by atoms with Gasteiger partial charge in [-0.2, -0.15) is 0 Å². The van der Waals surface area contributed by atoms with Gasteiger partial charge in [-0.15, -0.1) is 0 Å². The highest BCUT2D eigenvalue weighted by molar-refractivity contribution is 5.57. The van der Waals surface area contributed by atoms with E-state index in [1.807, 2.05) is 30.3 Å². The number of likely N-dealkylation sites (tertiary alicyclic amines) is 1. The summed E-state index contributed by atoms with van der Waals surface area (Å²) in [6, 6.07) is 14.8. The van der Waals surface area contributed by atoms with Gasteiger partial charge in [-0.05, 0) is 25.3 Å². The normalized spacial score (nSPS) is 22.3. The van der Waals surface area contributed by atoms with Gasteiger partial charge >= 0.3 is 0 Å². The molecule has 1 aliphatic carbocycles. The Bertz CT molecular complexity index is 1220. The van der Waals surface area contributed by atoms with Crippen LogP contribution < -0.4 is 5.56 Å². The highest BCUT2D eigenvalue weighted by Crippen LogP contribution is 2.51. The molecule has 1 atom stereocenters. The quantitative estimate of drug-likeness (QED) is 0.607. The van der Waals surface area contributed by atoms with Gasteiger partial charge in [0, 0.05) is 48.3 Å². The molecule has 0 amide bonds. The second-order valence-electron chi connectivity index (χ2n) is 9.82. The second kappa shape index (κ2) is 9.04. The number of nitrogens with zero attached hydrogens (tertiary/aromatic N) is 3. The highest BCUT2D eigenvalue weighted by atomic mass is 19.1. The third-order valence-electron chi connectivity index (χ3n) is 7.71. The van der Waals surface area contributed by atoms with E-state index in [4.69, 9.17) is 0 Å². The molecule has 1 N–H and O–H groups in total. The summed E-state index contributed by atoms with van der Waals surface area (Å²) in [6.45, 7) is 1.74. The van der Waals surface area contributed by atoms with Crippen molar-refractivity contribution in [2.24, 2.45) is 5.41 Å². The van der Waals surface area contributed by atoms with Gasteiger partial charge in [0.1, 0.15) is 11.6 Å². The lowest BCUT2D eigenvalue weighted by molar-refractivity contribution is -0.144. The number of aromatic nitrogens is 2. The maximum Gasteiger partial charge on any atom is 0.253 e. The Balaban J connectivity index is 1.37. The summed E-state index contributed by atoms with van der Waals surface area (Å²) in [4.78, 5) is 19.6. The Hall–Kier alpha value is -2.90. The van der Waals surface area contributed by atoms with Gasteiger partial charge < -0.3 is 5.11 Å². The molecule has 2 aromatic carbocycles. The molecular weight excluding hydrogens is 436 g/mol. The van der Waals surface area contributed by atoms with Gasteiger partial charge in [0.25, 0.3) is 5.56 Å². The first-order valence-corrected chi connectivity index (χ1v) is 11.9. The molecule has 1 aromatic heterocycles. The predicted molar refractivity (Wildman–Crippen MR) is 126 cm³/mol. The maximum absolute atomic E-state index is 14.3. The number of piperidine rings is 1. The molecule has 1 saturated heterocycles. The zero-order valence-electron chi connectivity index (χ0n) is 19.1. The van der Waals surface area contributed by atoms with E-state index >= 15 is 0 Å². The van der Waals surface area contributed by atoms with Crippen LogP contribution in [0.4, 0.5) is 8.78 Å². The van der Waals surface area contributed by atoms with Crippen LogP contribution >= 0.6 is 0 Å². The zero-order valence-corrected chi connectivity index (χ0v) is 19.1. The topological polar surface area (TPSA) is 58.4 Å². The fraction of sp³-hybridized carbons (Fsp3) is 0.407. The largest absolute Gasteiger partial charge is 0.387 e. The van der Waals surface area contributed by atoms with Crippen LogP contribution in [-0.2, 0) is 13.1 Å². The molecule has 5 nitrogen and oxygen atoms in total. The van der Waals surface area contributed by atoms with Crippen LogP contribution in [0.3, 0.4) is 0 Å². The molecule has 0 radical (unpaired) electrons. The first kappa shape index (κ1) is 22.9. The number of hydrogen-bond acceptors (Lipinski definition) is 4. The van der Waals surface area contributed by atoms with E-state index in [1.165, 1.54) is 29.1 Å². The lowest BCUT2D eigenvalue weighted by atomic mass is 9.65. The lowest BCUT2D eigenvalue weighted by Crippen LogP contribution is -2.61. The minimum Gasteiger partial charge on any atom is -0.387 e. The third-order valence-corrected chi connectivity index (χ3v) is 7.71. The van der Waals surface area contributed by atoms with E-state index in [0.717, 1.165) is 37.3 Å². The van der Waals surface area contributed by atoms with Gasteiger partial charge in [-0.3, -0.25) is 14.3 Å². The van der Waals surface area contributed by atoms with Crippen molar-refractivity contribution in [3.05, 3.63) is 88.5 Å². The lowest BCUT2D eigenvalue weighted by Gasteiger charge is -2.52. The van der Waals surface area contributed by atoms with Crippen molar-refractivity contribution in [1.29, 1.82) is 0 Å². The molecule has 34 heavy (non-hydrogen) atoms. The summed E-state index contributed by atoms with van der Waals surface area (Å²) < 4.78 is 29.1. The van der Waals surface area contributed by atoms with Gasteiger partial charge in [0.05, 0.1) is 24.2 Å². The van der Waals surface area contributed by atoms with Crippen molar-refractivity contribution >= 4 is 0 Å². The zero-order chi connectivity index (χ0) is 23.8. The predicted octanol–water partition coefficient (Wildman–Crippen LogP) is 4.39. The molecular formula is C27H29F2N3O2. The second-order valence-corrected chi connectivity index (χ2v) is 9.82. The van der Waals surface area contributed by atoms with Gasteiger partial charge in [0.15, 0.2) is 0 Å². The molecule has 1 aliphatic heterocycles. The Morgan fingerprint density at radius 3 is 2.47 bits per heavy atom. The number of benzene rings is 2. The average molecular weight is 466 g/mol. The Kier molecular flexibility index (Phi) is 6.08. The smallest absolute Gasteiger partial charge is 0.253 e. The van der Waals surface area contributed by atoms with Crippen molar-refractivity contribution in [2.45, 2.75) is 50.8 Å². The fourth-order valence-corrected chi connectivity index (χ4v) is 5.80. The van der Waals surface area contributed by atoms with Crippen molar-refractivity contribution in [3.8, 4) is 11.3 Å². The molecule has 2 heterocycles. The molecule has 1 saturated carbocycles. The van der Waals surface area contributed by atoms with E-state index < -0.39 is 17.2 Å².